The van der Waals surface area contributed by atoms with Crippen molar-refractivity contribution >= 4 is 45.3 Å². The van der Waals surface area contributed by atoms with Crippen molar-refractivity contribution in [3.05, 3.63) is 58.6 Å². The molecule has 0 aliphatic rings. The van der Waals surface area contributed by atoms with E-state index in [1.54, 1.807) is 31.2 Å². The van der Waals surface area contributed by atoms with Gasteiger partial charge in [-0.15, -0.1) is 0 Å². The number of benzene rings is 2. The van der Waals surface area contributed by atoms with Crippen LogP contribution in [-0.2, 0) is 0 Å². The zero-order chi connectivity index (χ0) is 16.8. The summed E-state index contributed by atoms with van der Waals surface area (Å²) < 4.78 is 11.1. The van der Waals surface area contributed by atoms with Crippen molar-refractivity contribution in [2.45, 2.75) is 13.8 Å². The quantitative estimate of drug-likeness (QED) is 0.551. The van der Waals surface area contributed by atoms with Crippen LogP contribution in [0.25, 0.3) is 22.1 Å². The summed E-state index contributed by atoms with van der Waals surface area (Å²) in [5.74, 6) is 0.491. The maximum absolute atomic E-state index is 12.6. The lowest BCUT2D eigenvalue weighted by molar-refractivity contribution is 0.0998. The molecule has 0 aliphatic heterocycles. The molecule has 0 saturated carbocycles. The van der Waals surface area contributed by atoms with Gasteiger partial charge >= 0.3 is 0 Å². The van der Waals surface area contributed by atoms with Crippen LogP contribution in [0.15, 0.2) is 45.2 Å². The second-order valence-electron chi connectivity index (χ2n) is 5.54. The molecule has 0 atom stereocenters. The number of hydrogen-bond acceptors (Lipinski definition) is 4. The van der Waals surface area contributed by atoms with Crippen LogP contribution in [0.3, 0.4) is 0 Å². The van der Waals surface area contributed by atoms with Gasteiger partial charge in [-0.1, -0.05) is 23.7 Å². The topological polar surface area (TPSA) is 68.3 Å². The number of rotatable bonds is 2. The molecule has 0 fully saturated rings. The van der Waals surface area contributed by atoms with E-state index in [0.29, 0.717) is 33.3 Å². The van der Waals surface area contributed by atoms with Gasteiger partial charge in [0.15, 0.2) is 22.8 Å². The standard InChI is InChI=1S/C18H13ClN2O3/c1-9-12-4-3-5-13(19)17(12)24-16(9)18(22)21-11-6-7-15-14(8-11)20-10(2)23-15/h3-8H,1-2H3,(H,21,22). The van der Waals surface area contributed by atoms with Gasteiger partial charge in [0.05, 0.1) is 5.02 Å². The Morgan fingerprint density at radius 3 is 2.79 bits per heavy atom. The SMILES string of the molecule is Cc1nc2cc(NC(=O)c3oc4c(Cl)cccc4c3C)ccc2o1. The number of aromatic nitrogens is 1. The van der Waals surface area contributed by atoms with E-state index >= 15 is 0 Å². The predicted molar refractivity (Wildman–Crippen MR) is 92.7 cm³/mol. The molecular formula is C18H13ClN2O3. The van der Waals surface area contributed by atoms with E-state index < -0.39 is 0 Å². The summed E-state index contributed by atoms with van der Waals surface area (Å²) in [7, 11) is 0. The Hall–Kier alpha value is -2.79. The maximum atomic E-state index is 12.6. The average Bonchev–Trinajstić information content (AvgIpc) is 3.08. The summed E-state index contributed by atoms with van der Waals surface area (Å²) in [5, 5.41) is 4.13. The van der Waals surface area contributed by atoms with E-state index in [0.717, 1.165) is 10.9 Å². The zero-order valence-corrected chi connectivity index (χ0v) is 13.8. The van der Waals surface area contributed by atoms with E-state index in [2.05, 4.69) is 10.3 Å². The average molecular weight is 341 g/mol. The third kappa shape index (κ3) is 2.34. The summed E-state index contributed by atoms with van der Waals surface area (Å²) in [4.78, 5) is 16.8. The van der Waals surface area contributed by atoms with Crippen LogP contribution in [0, 0.1) is 13.8 Å². The van der Waals surface area contributed by atoms with Crippen molar-refractivity contribution < 1.29 is 13.6 Å². The molecule has 0 radical (unpaired) electrons. The Morgan fingerprint density at radius 1 is 1.17 bits per heavy atom. The van der Waals surface area contributed by atoms with Gasteiger partial charge in [-0.3, -0.25) is 4.79 Å². The number of oxazole rings is 1. The van der Waals surface area contributed by atoms with Crippen molar-refractivity contribution in [1.29, 1.82) is 0 Å². The molecule has 24 heavy (non-hydrogen) atoms. The highest BCUT2D eigenvalue weighted by Gasteiger charge is 2.19. The van der Waals surface area contributed by atoms with Gasteiger partial charge in [-0.05, 0) is 31.2 Å². The minimum atomic E-state index is -0.334. The van der Waals surface area contributed by atoms with Crippen molar-refractivity contribution in [2.24, 2.45) is 0 Å². The number of amides is 1. The molecule has 2 heterocycles. The number of halogens is 1. The molecule has 0 spiro atoms. The smallest absolute Gasteiger partial charge is 0.291 e. The molecule has 2 aromatic carbocycles. The highest BCUT2D eigenvalue weighted by atomic mass is 35.5. The number of furan rings is 1. The molecule has 120 valence electrons. The number of carbonyl (C=O) groups is 1. The fourth-order valence-electron chi connectivity index (χ4n) is 2.73. The number of carbonyl (C=O) groups excluding carboxylic acids is 1. The third-order valence-electron chi connectivity index (χ3n) is 3.87. The molecule has 0 saturated heterocycles. The molecule has 6 heteroatoms. The lowest BCUT2D eigenvalue weighted by atomic mass is 10.1. The summed E-state index contributed by atoms with van der Waals surface area (Å²) in [6, 6.07) is 10.7. The van der Waals surface area contributed by atoms with Crippen LogP contribution < -0.4 is 5.32 Å². The van der Waals surface area contributed by atoms with Crippen LogP contribution in [-0.4, -0.2) is 10.9 Å². The zero-order valence-electron chi connectivity index (χ0n) is 13.0. The Bertz CT molecular complexity index is 1090. The number of para-hydroxylation sites is 1. The Balaban J connectivity index is 1.70. The van der Waals surface area contributed by atoms with E-state index in [1.807, 2.05) is 19.1 Å². The van der Waals surface area contributed by atoms with Gasteiger partial charge in [-0.2, -0.15) is 0 Å². The molecule has 1 N–H and O–H groups in total. The molecule has 5 nitrogen and oxygen atoms in total. The monoisotopic (exact) mass is 340 g/mol. The fraction of sp³-hybridized carbons (Fsp3) is 0.111. The maximum Gasteiger partial charge on any atom is 0.291 e. The van der Waals surface area contributed by atoms with E-state index in [4.69, 9.17) is 20.4 Å². The summed E-state index contributed by atoms with van der Waals surface area (Å²) in [5.41, 5.74) is 3.26. The Kier molecular flexibility index (Phi) is 3.32. The molecule has 1 amide bonds. The first-order valence-corrected chi connectivity index (χ1v) is 7.77. The second-order valence-corrected chi connectivity index (χ2v) is 5.95. The van der Waals surface area contributed by atoms with Crippen LogP contribution in [0.2, 0.25) is 5.02 Å². The molecule has 0 bridgehead atoms. The van der Waals surface area contributed by atoms with Crippen molar-refractivity contribution in [2.75, 3.05) is 5.32 Å². The predicted octanol–water partition coefficient (Wildman–Crippen LogP) is 5.10. The Labute approximate surface area is 142 Å². The highest BCUT2D eigenvalue weighted by molar-refractivity contribution is 6.35. The fourth-order valence-corrected chi connectivity index (χ4v) is 2.95. The molecular weight excluding hydrogens is 328 g/mol. The second kappa shape index (κ2) is 5.39. The van der Waals surface area contributed by atoms with Gasteiger partial charge in [0.25, 0.3) is 5.91 Å². The first-order chi connectivity index (χ1) is 11.5. The molecule has 0 unspecified atom stereocenters. The minimum Gasteiger partial charge on any atom is -0.449 e. The minimum absolute atomic E-state index is 0.245. The van der Waals surface area contributed by atoms with E-state index in [-0.39, 0.29) is 11.7 Å². The van der Waals surface area contributed by atoms with Gasteiger partial charge in [0.1, 0.15) is 5.52 Å². The number of anilines is 1. The number of hydrogen-bond donors (Lipinski definition) is 1. The van der Waals surface area contributed by atoms with Crippen LogP contribution >= 0.6 is 11.6 Å². The summed E-state index contributed by atoms with van der Waals surface area (Å²) >= 11 is 6.13. The molecule has 4 aromatic rings. The van der Waals surface area contributed by atoms with E-state index in [1.165, 1.54) is 0 Å². The van der Waals surface area contributed by atoms with Crippen molar-refractivity contribution in [1.82, 2.24) is 4.98 Å². The highest BCUT2D eigenvalue weighted by Crippen LogP contribution is 2.31. The van der Waals surface area contributed by atoms with Crippen molar-refractivity contribution in [3.8, 4) is 0 Å². The van der Waals surface area contributed by atoms with Gasteiger partial charge in [0.2, 0.25) is 0 Å². The summed E-state index contributed by atoms with van der Waals surface area (Å²) in [6.45, 7) is 3.61. The van der Waals surface area contributed by atoms with Gasteiger partial charge in [-0.25, -0.2) is 4.98 Å². The molecule has 2 aromatic heterocycles. The first-order valence-electron chi connectivity index (χ1n) is 7.39. The van der Waals surface area contributed by atoms with Crippen LogP contribution in [0.4, 0.5) is 5.69 Å². The lowest BCUT2D eigenvalue weighted by Crippen LogP contribution is -2.12. The number of aryl methyl sites for hydroxylation is 2. The number of fused-ring (bicyclic) bond motifs is 2. The normalized spacial score (nSPS) is 11.3. The number of nitrogens with zero attached hydrogens (tertiary/aromatic N) is 1. The third-order valence-corrected chi connectivity index (χ3v) is 4.17. The van der Waals surface area contributed by atoms with Crippen molar-refractivity contribution in [3.63, 3.8) is 0 Å². The Morgan fingerprint density at radius 2 is 2.00 bits per heavy atom. The van der Waals surface area contributed by atoms with Gasteiger partial charge in [0, 0.05) is 23.6 Å². The molecule has 4 rings (SSSR count). The van der Waals surface area contributed by atoms with Crippen LogP contribution in [0.5, 0.6) is 0 Å². The van der Waals surface area contributed by atoms with Gasteiger partial charge < -0.3 is 14.2 Å². The van der Waals surface area contributed by atoms with E-state index in [9.17, 15) is 4.79 Å². The first kappa shape index (κ1) is 14.8. The molecule has 0 aliphatic carbocycles. The lowest BCUT2D eigenvalue weighted by Gasteiger charge is -2.03. The largest absolute Gasteiger partial charge is 0.449 e. The summed E-state index contributed by atoms with van der Waals surface area (Å²) in [6.07, 6.45) is 0. The number of nitrogens with one attached hydrogen (secondary N) is 1. The van der Waals surface area contributed by atoms with Crippen LogP contribution in [0.1, 0.15) is 22.0 Å².